The molecule has 0 heterocycles. The van der Waals surface area contributed by atoms with E-state index in [-0.39, 0.29) is 24.9 Å². The molecule has 0 aliphatic carbocycles. The van der Waals surface area contributed by atoms with Crippen molar-refractivity contribution in [3.05, 3.63) is 29.8 Å². The Morgan fingerprint density at radius 2 is 2.05 bits per heavy atom. The highest BCUT2D eigenvalue weighted by Crippen LogP contribution is 2.28. The molecule has 118 valence electrons. The number of benzene rings is 1. The molecule has 1 aromatic rings. The molecule has 1 rings (SSSR count). The van der Waals surface area contributed by atoms with Crippen LogP contribution in [0.3, 0.4) is 0 Å². The largest absolute Gasteiger partial charge is 0.493 e. The summed E-state index contributed by atoms with van der Waals surface area (Å²) in [6, 6.07) is 5.58. The fourth-order valence-corrected chi connectivity index (χ4v) is 1.62. The van der Waals surface area contributed by atoms with E-state index in [9.17, 15) is 4.79 Å². The van der Waals surface area contributed by atoms with Gasteiger partial charge in [-0.15, -0.1) is 12.4 Å². The van der Waals surface area contributed by atoms with Crippen LogP contribution in [0.25, 0.3) is 6.08 Å². The summed E-state index contributed by atoms with van der Waals surface area (Å²) in [5.74, 6) is 1.02. The van der Waals surface area contributed by atoms with Crippen molar-refractivity contribution >= 4 is 24.4 Å². The van der Waals surface area contributed by atoms with Gasteiger partial charge in [-0.2, -0.15) is 0 Å². The van der Waals surface area contributed by atoms with E-state index in [2.05, 4.69) is 10.6 Å². The molecule has 0 bridgehead atoms. The molecule has 21 heavy (non-hydrogen) atoms. The van der Waals surface area contributed by atoms with Gasteiger partial charge >= 0.3 is 0 Å². The van der Waals surface area contributed by atoms with Crippen LogP contribution in [0.1, 0.15) is 12.5 Å². The fraction of sp³-hybridized carbons (Fsp3) is 0.400. The lowest BCUT2D eigenvalue weighted by Crippen LogP contribution is -2.33. The number of methoxy groups -OCH3 is 1. The van der Waals surface area contributed by atoms with Gasteiger partial charge in [0.1, 0.15) is 0 Å². The highest BCUT2D eigenvalue weighted by atomic mass is 35.5. The van der Waals surface area contributed by atoms with Gasteiger partial charge in [0.15, 0.2) is 18.1 Å². The van der Waals surface area contributed by atoms with Crippen molar-refractivity contribution in [3.63, 3.8) is 0 Å². The third-order valence-electron chi connectivity index (χ3n) is 2.60. The Bertz CT molecular complexity index is 464. The van der Waals surface area contributed by atoms with Crippen LogP contribution in [0.5, 0.6) is 11.5 Å². The van der Waals surface area contributed by atoms with Crippen molar-refractivity contribution in [2.75, 3.05) is 33.9 Å². The number of halogens is 1. The van der Waals surface area contributed by atoms with Crippen LogP contribution in [0.2, 0.25) is 0 Å². The molecule has 0 saturated heterocycles. The van der Waals surface area contributed by atoms with E-state index < -0.39 is 0 Å². The molecular formula is C15H23ClN2O3. The lowest BCUT2D eigenvalue weighted by molar-refractivity contribution is -0.123. The standard InChI is InChI=1S/C15H22N2O3.ClH/c1-4-5-12-6-7-13(14(10-12)19-3)20-11-15(18)17-9-8-16-2;/h4-7,10,16H,8-9,11H2,1-3H3,(H,17,18);1H/b5-4+;. The van der Waals surface area contributed by atoms with Gasteiger partial charge in [-0.25, -0.2) is 0 Å². The number of carbonyl (C=O) groups excluding carboxylic acids is 1. The predicted octanol–water partition coefficient (Wildman–Crippen LogP) is 1.86. The molecule has 1 aromatic carbocycles. The molecule has 0 aromatic heterocycles. The zero-order chi connectivity index (χ0) is 14.8. The van der Waals surface area contributed by atoms with Crippen LogP contribution >= 0.6 is 12.4 Å². The van der Waals surface area contributed by atoms with E-state index in [1.165, 1.54) is 0 Å². The average Bonchev–Trinajstić information content (AvgIpc) is 2.46. The van der Waals surface area contributed by atoms with Gasteiger partial charge in [0, 0.05) is 13.1 Å². The maximum absolute atomic E-state index is 11.5. The molecule has 0 radical (unpaired) electrons. The quantitative estimate of drug-likeness (QED) is 0.719. The van der Waals surface area contributed by atoms with Gasteiger partial charge in [-0.1, -0.05) is 18.2 Å². The summed E-state index contributed by atoms with van der Waals surface area (Å²) in [4.78, 5) is 11.5. The molecule has 0 saturated carbocycles. The second kappa shape index (κ2) is 11.0. The number of hydrogen-bond acceptors (Lipinski definition) is 4. The van der Waals surface area contributed by atoms with E-state index in [0.29, 0.717) is 18.0 Å². The second-order valence-electron chi connectivity index (χ2n) is 4.15. The zero-order valence-corrected chi connectivity index (χ0v) is 13.5. The van der Waals surface area contributed by atoms with E-state index in [1.807, 2.05) is 38.3 Å². The molecule has 0 atom stereocenters. The summed E-state index contributed by atoms with van der Waals surface area (Å²) in [5.41, 5.74) is 1.02. The number of carbonyl (C=O) groups is 1. The minimum Gasteiger partial charge on any atom is -0.493 e. The Labute approximate surface area is 132 Å². The Hall–Kier alpha value is -1.72. The van der Waals surface area contributed by atoms with E-state index in [0.717, 1.165) is 12.1 Å². The number of rotatable bonds is 8. The zero-order valence-electron chi connectivity index (χ0n) is 12.6. The number of likely N-dealkylation sites (N-methyl/N-ethyl adjacent to an activating group) is 1. The molecule has 0 spiro atoms. The fourth-order valence-electron chi connectivity index (χ4n) is 1.62. The van der Waals surface area contributed by atoms with Gasteiger partial charge < -0.3 is 20.1 Å². The summed E-state index contributed by atoms with van der Waals surface area (Å²) in [7, 11) is 3.41. The van der Waals surface area contributed by atoms with Crippen molar-refractivity contribution in [2.45, 2.75) is 6.92 Å². The smallest absolute Gasteiger partial charge is 0.257 e. The number of nitrogens with one attached hydrogen (secondary N) is 2. The number of ether oxygens (including phenoxy) is 2. The highest BCUT2D eigenvalue weighted by Gasteiger charge is 2.07. The lowest BCUT2D eigenvalue weighted by atomic mass is 10.2. The van der Waals surface area contributed by atoms with Crippen LogP contribution in [0.15, 0.2) is 24.3 Å². The molecule has 5 nitrogen and oxygen atoms in total. The van der Waals surface area contributed by atoms with Crippen LogP contribution in [-0.2, 0) is 4.79 Å². The van der Waals surface area contributed by atoms with E-state index in [4.69, 9.17) is 9.47 Å². The van der Waals surface area contributed by atoms with Gasteiger partial charge in [0.25, 0.3) is 5.91 Å². The predicted molar refractivity (Wildman–Crippen MR) is 87.4 cm³/mol. The lowest BCUT2D eigenvalue weighted by Gasteiger charge is -2.11. The van der Waals surface area contributed by atoms with Crippen molar-refractivity contribution in [3.8, 4) is 11.5 Å². The van der Waals surface area contributed by atoms with Crippen molar-refractivity contribution < 1.29 is 14.3 Å². The Morgan fingerprint density at radius 1 is 1.29 bits per heavy atom. The Kier molecular flexibility index (Phi) is 10.1. The summed E-state index contributed by atoms with van der Waals surface area (Å²) in [6.07, 6.45) is 3.92. The van der Waals surface area contributed by atoms with Crippen molar-refractivity contribution in [1.29, 1.82) is 0 Å². The van der Waals surface area contributed by atoms with Crippen molar-refractivity contribution in [1.82, 2.24) is 10.6 Å². The minimum absolute atomic E-state index is 0. The number of amides is 1. The van der Waals surface area contributed by atoms with Gasteiger partial charge in [0.05, 0.1) is 7.11 Å². The summed E-state index contributed by atoms with van der Waals surface area (Å²) in [5, 5.41) is 5.70. The van der Waals surface area contributed by atoms with E-state index in [1.54, 1.807) is 13.2 Å². The SMILES string of the molecule is C/C=C/c1ccc(OCC(=O)NCCNC)c(OC)c1.Cl. The minimum atomic E-state index is -0.153. The van der Waals surface area contributed by atoms with Crippen LogP contribution < -0.4 is 20.1 Å². The van der Waals surface area contributed by atoms with Crippen molar-refractivity contribution in [2.24, 2.45) is 0 Å². The molecule has 0 aliphatic rings. The van der Waals surface area contributed by atoms with Gasteiger partial charge in [-0.05, 0) is 31.7 Å². The number of hydrogen-bond donors (Lipinski definition) is 2. The molecule has 2 N–H and O–H groups in total. The first-order chi connectivity index (χ1) is 9.71. The summed E-state index contributed by atoms with van der Waals surface area (Å²) in [6.45, 7) is 3.23. The first-order valence-corrected chi connectivity index (χ1v) is 6.56. The second-order valence-corrected chi connectivity index (χ2v) is 4.15. The van der Waals surface area contributed by atoms with E-state index >= 15 is 0 Å². The summed E-state index contributed by atoms with van der Waals surface area (Å²) < 4.78 is 10.7. The Morgan fingerprint density at radius 3 is 2.67 bits per heavy atom. The maximum Gasteiger partial charge on any atom is 0.257 e. The monoisotopic (exact) mass is 314 g/mol. The third kappa shape index (κ3) is 7.02. The average molecular weight is 315 g/mol. The topological polar surface area (TPSA) is 59.6 Å². The molecule has 0 fully saturated rings. The molecule has 0 unspecified atom stereocenters. The van der Waals surface area contributed by atoms with Gasteiger partial charge in [0.2, 0.25) is 0 Å². The number of allylic oxidation sites excluding steroid dienone is 1. The summed E-state index contributed by atoms with van der Waals surface area (Å²) >= 11 is 0. The normalized spacial score (nSPS) is 10.0. The molecular weight excluding hydrogens is 292 g/mol. The van der Waals surface area contributed by atoms with Crippen LogP contribution in [0, 0.1) is 0 Å². The highest BCUT2D eigenvalue weighted by molar-refractivity contribution is 5.85. The third-order valence-corrected chi connectivity index (χ3v) is 2.60. The molecule has 0 aliphatic heterocycles. The Balaban J connectivity index is 0.00000400. The first-order valence-electron chi connectivity index (χ1n) is 6.56. The maximum atomic E-state index is 11.5. The van der Waals surface area contributed by atoms with Crippen LogP contribution in [0.4, 0.5) is 0 Å². The molecule has 6 heteroatoms. The first kappa shape index (κ1) is 19.3. The van der Waals surface area contributed by atoms with Crippen LogP contribution in [-0.4, -0.2) is 39.8 Å². The molecule has 1 amide bonds. The van der Waals surface area contributed by atoms with Gasteiger partial charge in [-0.3, -0.25) is 4.79 Å².